The summed E-state index contributed by atoms with van der Waals surface area (Å²) in [6.07, 6.45) is 7.58. The van der Waals surface area contributed by atoms with Gasteiger partial charge in [-0.1, -0.05) is 28.8 Å². The fourth-order valence-corrected chi connectivity index (χ4v) is 4.92. The molecule has 0 spiro atoms. The van der Waals surface area contributed by atoms with Crippen LogP contribution in [-0.2, 0) is 11.3 Å². The zero-order valence-corrected chi connectivity index (χ0v) is 16.0. The van der Waals surface area contributed by atoms with E-state index in [1.54, 1.807) is 0 Å². The van der Waals surface area contributed by atoms with Gasteiger partial charge in [0.15, 0.2) is 0 Å². The molecule has 1 amide bonds. The van der Waals surface area contributed by atoms with Gasteiger partial charge in [-0.2, -0.15) is 0 Å². The Labute approximate surface area is 156 Å². The molecule has 5 heteroatoms. The number of carbonyl (C=O) groups excluding carboxylic acids is 1. The molecule has 2 fully saturated rings. The fraction of sp³-hybridized carbons (Fsp3) is 0.550. The number of nitrogens with zero attached hydrogens (tertiary/aromatic N) is 2. The van der Waals surface area contributed by atoms with E-state index in [0.29, 0.717) is 19.5 Å². The van der Waals surface area contributed by atoms with Crippen LogP contribution < -0.4 is 0 Å². The van der Waals surface area contributed by atoms with Crippen molar-refractivity contribution >= 4 is 32.7 Å². The fourth-order valence-electron chi connectivity index (χ4n) is 4.54. The van der Waals surface area contributed by atoms with Gasteiger partial charge in [-0.05, 0) is 43.5 Å². The second-order valence-electron chi connectivity index (χ2n) is 7.60. The summed E-state index contributed by atoms with van der Waals surface area (Å²) >= 11 is 3.50. The predicted molar refractivity (Wildman–Crippen MR) is 102 cm³/mol. The maximum absolute atomic E-state index is 12.7. The normalized spacial score (nSPS) is 26.6. The van der Waals surface area contributed by atoms with Gasteiger partial charge in [0.2, 0.25) is 5.91 Å². The van der Waals surface area contributed by atoms with Gasteiger partial charge in [-0.15, -0.1) is 0 Å². The Bertz CT molecular complexity index is 787. The van der Waals surface area contributed by atoms with E-state index in [4.69, 9.17) is 0 Å². The number of carbonyl (C=O) groups is 1. The van der Waals surface area contributed by atoms with E-state index in [-0.39, 0.29) is 11.8 Å². The van der Waals surface area contributed by atoms with Crippen molar-refractivity contribution in [3.63, 3.8) is 0 Å². The number of piperidine rings is 1. The van der Waals surface area contributed by atoms with Crippen molar-refractivity contribution in [1.82, 2.24) is 9.47 Å². The average Bonchev–Trinajstić information content (AvgIpc) is 3.00. The zero-order chi connectivity index (χ0) is 17.4. The van der Waals surface area contributed by atoms with E-state index >= 15 is 0 Å². The number of hydrogen-bond acceptors (Lipinski definition) is 2. The standard InChI is InChI=1S/C20H25BrN2O2/c21-17-4-5-18-15(13-17)6-10-22(18)11-7-19(24)23-12-9-20(25)8-2-1-3-16(20)14-23/h4-6,10,13,16,25H,1-3,7-9,11-12,14H2/t16-,20+/m0/s1. The van der Waals surface area contributed by atoms with Crippen molar-refractivity contribution in [2.75, 3.05) is 13.1 Å². The Morgan fingerprint density at radius 3 is 3.04 bits per heavy atom. The molecule has 1 saturated carbocycles. The number of rotatable bonds is 3. The zero-order valence-electron chi connectivity index (χ0n) is 14.5. The molecule has 0 bridgehead atoms. The summed E-state index contributed by atoms with van der Waals surface area (Å²) in [5.41, 5.74) is 0.648. The van der Waals surface area contributed by atoms with Crippen molar-refractivity contribution < 1.29 is 9.90 Å². The van der Waals surface area contributed by atoms with Crippen LogP contribution in [-0.4, -0.2) is 39.2 Å². The minimum atomic E-state index is -0.515. The van der Waals surface area contributed by atoms with Gasteiger partial charge >= 0.3 is 0 Å². The lowest BCUT2D eigenvalue weighted by Gasteiger charge is -2.47. The van der Waals surface area contributed by atoms with Gasteiger partial charge in [0.05, 0.1) is 5.60 Å². The van der Waals surface area contributed by atoms with Gasteiger partial charge in [-0.3, -0.25) is 4.79 Å². The van der Waals surface area contributed by atoms with Crippen LogP contribution in [0.3, 0.4) is 0 Å². The lowest BCUT2D eigenvalue weighted by atomic mass is 9.71. The lowest BCUT2D eigenvalue weighted by molar-refractivity contribution is -0.143. The van der Waals surface area contributed by atoms with Gasteiger partial charge in [0.25, 0.3) is 0 Å². The Balaban J connectivity index is 1.39. The van der Waals surface area contributed by atoms with E-state index in [1.165, 1.54) is 11.8 Å². The van der Waals surface area contributed by atoms with Gasteiger partial charge < -0.3 is 14.6 Å². The molecule has 1 aromatic heterocycles. The molecular weight excluding hydrogens is 380 g/mol. The summed E-state index contributed by atoms with van der Waals surface area (Å²) in [7, 11) is 0. The first-order valence-electron chi connectivity index (χ1n) is 9.30. The highest BCUT2D eigenvalue weighted by atomic mass is 79.9. The molecule has 0 unspecified atom stereocenters. The van der Waals surface area contributed by atoms with Crippen LogP contribution >= 0.6 is 15.9 Å². The molecular formula is C20H25BrN2O2. The van der Waals surface area contributed by atoms with Crippen molar-refractivity contribution in [1.29, 1.82) is 0 Å². The monoisotopic (exact) mass is 404 g/mol. The van der Waals surface area contributed by atoms with E-state index in [9.17, 15) is 9.90 Å². The Morgan fingerprint density at radius 2 is 2.16 bits per heavy atom. The molecule has 1 saturated heterocycles. The number of benzene rings is 1. The minimum absolute atomic E-state index is 0.214. The maximum Gasteiger partial charge on any atom is 0.224 e. The molecule has 2 atom stereocenters. The van der Waals surface area contributed by atoms with Crippen LogP contribution in [0, 0.1) is 5.92 Å². The summed E-state index contributed by atoms with van der Waals surface area (Å²) < 4.78 is 3.22. The first-order chi connectivity index (χ1) is 12.0. The molecule has 2 aliphatic rings. The van der Waals surface area contributed by atoms with Crippen LogP contribution in [0.25, 0.3) is 10.9 Å². The Morgan fingerprint density at radius 1 is 1.28 bits per heavy atom. The van der Waals surface area contributed by atoms with E-state index < -0.39 is 5.60 Å². The third-order valence-electron chi connectivity index (χ3n) is 6.08. The number of fused-ring (bicyclic) bond motifs is 2. The van der Waals surface area contributed by atoms with Crippen molar-refractivity contribution in [3.8, 4) is 0 Å². The van der Waals surface area contributed by atoms with Crippen LogP contribution in [0.2, 0.25) is 0 Å². The highest BCUT2D eigenvalue weighted by molar-refractivity contribution is 9.10. The Kier molecular flexibility index (Phi) is 4.63. The molecule has 1 aliphatic carbocycles. The van der Waals surface area contributed by atoms with Crippen LogP contribution in [0.4, 0.5) is 0 Å². The van der Waals surface area contributed by atoms with E-state index in [2.05, 4.69) is 44.9 Å². The van der Waals surface area contributed by atoms with Crippen molar-refractivity contribution in [2.24, 2.45) is 5.92 Å². The molecule has 1 aliphatic heterocycles. The molecule has 2 heterocycles. The summed E-state index contributed by atoms with van der Waals surface area (Å²) in [6, 6.07) is 8.32. The summed E-state index contributed by atoms with van der Waals surface area (Å²) in [5.74, 6) is 0.482. The second-order valence-corrected chi connectivity index (χ2v) is 8.51. The molecule has 4 rings (SSSR count). The number of aryl methyl sites for hydroxylation is 1. The summed E-state index contributed by atoms with van der Waals surface area (Å²) in [4.78, 5) is 14.7. The number of hydrogen-bond donors (Lipinski definition) is 1. The van der Waals surface area contributed by atoms with Gasteiger partial charge in [-0.25, -0.2) is 0 Å². The summed E-state index contributed by atoms with van der Waals surface area (Å²) in [6.45, 7) is 2.13. The maximum atomic E-state index is 12.7. The minimum Gasteiger partial charge on any atom is -0.389 e. The van der Waals surface area contributed by atoms with Crippen molar-refractivity contribution in [2.45, 2.75) is 50.7 Å². The molecule has 1 N–H and O–H groups in total. The largest absolute Gasteiger partial charge is 0.389 e. The van der Waals surface area contributed by atoms with E-state index in [1.807, 2.05) is 11.0 Å². The lowest BCUT2D eigenvalue weighted by Crippen LogP contribution is -2.54. The highest BCUT2D eigenvalue weighted by Crippen LogP contribution is 2.39. The number of aromatic nitrogens is 1. The van der Waals surface area contributed by atoms with Gasteiger partial charge in [0.1, 0.15) is 0 Å². The number of halogens is 1. The van der Waals surface area contributed by atoms with E-state index in [0.717, 1.165) is 42.2 Å². The summed E-state index contributed by atoms with van der Waals surface area (Å²) in [5, 5.41) is 12.0. The average molecular weight is 405 g/mol. The molecule has 4 nitrogen and oxygen atoms in total. The van der Waals surface area contributed by atoms with Gasteiger partial charge in [0, 0.05) is 53.5 Å². The SMILES string of the molecule is O=C(CCn1ccc2cc(Br)ccc21)N1CC[C@]2(O)CCCC[C@H]2C1. The van der Waals surface area contributed by atoms with Crippen LogP contribution in [0.5, 0.6) is 0 Å². The molecule has 25 heavy (non-hydrogen) atoms. The Hall–Kier alpha value is -1.33. The quantitative estimate of drug-likeness (QED) is 0.841. The van der Waals surface area contributed by atoms with Crippen LogP contribution in [0.1, 0.15) is 38.5 Å². The second kappa shape index (κ2) is 6.76. The first-order valence-corrected chi connectivity index (χ1v) is 10.1. The number of aliphatic hydroxyl groups is 1. The molecule has 2 aromatic rings. The predicted octanol–water partition coefficient (Wildman–Crippen LogP) is 3.95. The number of amides is 1. The molecule has 0 radical (unpaired) electrons. The number of likely N-dealkylation sites (tertiary alicyclic amines) is 1. The van der Waals surface area contributed by atoms with Crippen molar-refractivity contribution in [3.05, 3.63) is 34.9 Å². The molecule has 1 aromatic carbocycles. The molecule has 134 valence electrons. The topological polar surface area (TPSA) is 45.5 Å². The third kappa shape index (κ3) is 3.36. The third-order valence-corrected chi connectivity index (χ3v) is 6.57. The smallest absolute Gasteiger partial charge is 0.224 e. The van der Waals surface area contributed by atoms with Crippen LogP contribution in [0.15, 0.2) is 34.9 Å². The first kappa shape index (κ1) is 17.1. The highest BCUT2D eigenvalue weighted by Gasteiger charge is 2.43.